The lowest BCUT2D eigenvalue weighted by molar-refractivity contribution is 0.119. The maximum atomic E-state index is 13.7. The Hall–Kier alpha value is -2.66. The maximum absolute atomic E-state index is 13.7. The Bertz CT molecular complexity index is 1200. The van der Waals surface area contributed by atoms with Crippen LogP contribution in [0.5, 0.6) is 5.75 Å². The van der Waals surface area contributed by atoms with Gasteiger partial charge >= 0.3 is 0 Å². The van der Waals surface area contributed by atoms with Gasteiger partial charge in [0.2, 0.25) is 0 Å². The number of hydrogen-bond acceptors (Lipinski definition) is 4. The van der Waals surface area contributed by atoms with Crippen LogP contribution in [0, 0.1) is 12.3 Å². The summed E-state index contributed by atoms with van der Waals surface area (Å²) >= 11 is 0. The highest BCUT2D eigenvalue weighted by atomic mass is 16.5. The number of fused-ring (bicyclic) bond motifs is 1. The van der Waals surface area contributed by atoms with Crippen LogP contribution >= 0.6 is 0 Å². The normalized spacial score (nSPS) is 23.6. The molecule has 0 N–H and O–H groups in total. The van der Waals surface area contributed by atoms with Gasteiger partial charge in [-0.2, -0.15) is 0 Å². The van der Waals surface area contributed by atoms with E-state index in [0.717, 1.165) is 41.2 Å². The third kappa shape index (κ3) is 3.45. The van der Waals surface area contributed by atoms with E-state index >= 15 is 0 Å². The summed E-state index contributed by atoms with van der Waals surface area (Å²) in [5.74, 6) is 1.64. The van der Waals surface area contributed by atoms with Gasteiger partial charge in [0.05, 0.1) is 18.0 Å². The van der Waals surface area contributed by atoms with Gasteiger partial charge in [0.15, 0.2) is 0 Å². The minimum absolute atomic E-state index is 0.0933. The molecule has 1 saturated carbocycles. The number of aryl methyl sites for hydroxylation is 1. The minimum Gasteiger partial charge on any atom is -0.497 e. The number of piperidine rings is 1. The first kappa shape index (κ1) is 20.3. The van der Waals surface area contributed by atoms with E-state index in [2.05, 4.69) is 18.7 Å². The van der Waals surface area contributed by atoms with Crippen LogP contribution in [-0.4, -0.2) is 40.7 Å². The monoisotopic (exact) mass is 417 g/mol. The number of ether oxygens (including phenoxy) is 1. The fourth-order valence-corrected chi connectivity index (χ4v) is 5.43. The summed E-state index contributed by atoms with van der Waals surface area (Å²) in [6.45, 7) is 8.77. The van der Waals surface area contributed by atoms with E-state index in [1.165, 1.54) is 19.4 Å². The van der Waals surface area contributed by atoms with E-state index in [9.17, 15) is 4.79 Å². The molecule has 31 heavy (non-hydrogen) atoms. The van der Waals surface area contributed by atoms with Crippen LogP contribution < -0.4 is 10.3 Å². The molecule has 1 saturated heterocycles. The SMILES string of the molecule is COc1cccc(-c2ccc3nc(C)n([C@H]4CC45CCCN(C(C)C)C5)c(=O)c3c2)c1. The molecule has 5 heteroatoms. The Morgan fingerprint density at radius 1 is 1.16 bits per heavy atom. The van der Waals surface area contributed by atoms with Crippen LogP contribution in [0.25, 0.3) is 22.0 Å². The third-order valence-corrected chi connectivity index (χ3v) is 7.31. The van der Waals surface area contributed by atoms with Crippen molar-refractivity contribution in [3.8, 4) is 16.9 Å². The Kier molecular flexibility index (Phi) is 4.89. The largest absolute Gasteiger partial charge is 0.497 e. The molecule has 3 aromatic rings. The smallest absolute Gasteiger partial charge is 0.261 e. The lowest BCUT2D eigenvalue weighted by atomic mass is 9.93. The molecule has 1 aliphatic carbocycles. The molecule has 1 spiro atoms. The Labute approximate surface area is 183 Å². The number of aromatic nitrogens is 2. The molecule has 2 fully saturated rings. The van der Waals surface area contributed by atoms with Crippen molar-refractivity contribution in [1.82, 2.24) is 14.5 Å². The second-order valence-electron chi connectivity index (χ2n) is 9.55. The maximum Gasteiger partial charge on any atom is 0.261 e. The molecule has 0 bridgehead atoms. The number of hydrogen-bond donors (Lipinski definition) is 0. The zero-order valence-corrected chi connectivity index (χ0v) is 18.9. The van der Waals surface area contributed by atoms with Crippen molar-refractivity contribution >= 4 is 10.9 Å². The second kappa shape index (κ2) is 7.49. The minimum atomic E-state index is 0.0933. The van der Waals surface area contributed by atoms with Crippen molar-refractivity contribution in [2.45, 2.75) is 52.1 Å². The highest BCUT2D eigenvalue weighted by Gasteiger charge is 2.57. The first-order chi connectivity index (χ1) is 14.9. The van der Waals surface area contributed by atoms with Crippen LogP contribution in [0.2, 0.25) is 0 Å². The van der Waals surface area contributed by atoms with E-state index in [-0.39, 0.29) is 17.0 Å². The van der Waals surface area contributed by atoms with Crippen molar-refractivity contribution in [1.29, 1.82) is 0 Å². The van der Waals surface area contributed by atoms with Crippen LogP contribution in [0.15, 0.2) is 47.3 Å². The number of rotatable bonds is 4. The standard InChI is InChI=1S/C26H31N3O2/c1-17(2)28-12-6-11-26(16-28)15-24(26)29-18(3)27-23-10-9-20(14-22(23)25(29)30)19-7-5-8-21(13-19)31-4/h5,7-10,13-14,17,24H,6,11-12,15-16H2,1-4H3/t24-,26?/m0/s1. The van der Waals surface area contributed by atoms with Gasteiger partial charge in [-0.1, -0.05) is 18.2 Å². The molecule has 2 atom stereocenters. The van der Waals surface area contributed by atoms with E-state index in [1.54, 1.807) is 7.11 Å². The lowest BCUT2D eigenvalue weighted by Crippen LogP contribution is -2.42. The molecule has 5 nitrogen and oxygen atoms in total. The Morgan fingerprint density at radius 2 is 1.97 bits per heavy atom. The van der Waals surface area contributed by atoms with Gasteiger partial charge in [0.1, 0.15) is 11.6 Å². The molecule has 1 aromatic heterocycles. The second-order valence-corrected chi connectivity index (χ2v) is 9.55. The van der Waals surface area contributed by atoms with E-state index in [1.807, 2.05) is 54.0 Å². The molecular weight excluding hydrogens is 386 g/mol. The lowest BCUT2D eigenvalue weighted by Gasteiger charge is -2.36. The molecule has 1 aliphatic heterocycles. The summed E-state index contributed by atoms with van der Waals surface area (Å²) in [4.78, 5) is 21.1. The zero-order valence-electron chi connectivity index (χ0n) is 18.9. The fraction of sp³-hybridized carbons (Fsp3) is 0.462. The van der Waals surface area contributed by atoms with Crippen molar-refractivity contribution < 1.29 is 4.74 Å². The first-order valence-electron chi connectivity index (χ1n) is 11.3. The predicted molar refractivity (Wildman–Crippen MR) is 125 cm³/mol. The number of methoxy groups -OCH3 is 1. The zero-order chi connectivity index (χ0) is 21.8. The molecule has 2 aromatic carbocycles. The van der Waals surface area contributed by atoms with Crippen LogP contribution in [0.4, 0.5) is 0 Å². The highest BCUT2D eigenvalue weighted by molar-refractivity contribution is 5.84. The Morgan fingerprint density at radius 3 is 2.74 bits per heavy atom. The van der Waals surface area contributed by atoms with Gasteiger partial charge in [-0.15, -0.1) is 0 Å². The van der Waals surface area contributed by atoms with Crippen LogP contribution in [0.1, 0.15) is 45.0 Å². The van der Waals surface area contributed by atoms with Gasteiger partial charge in [-0.05, 0) is 82.0 Å². The molecule has 162 valence electrons. The molecule has 0 radical (unpaired) electrons. The van der Waals surface area contributed by atoms with Crippen LogP contribution in [0.3, 0.4) is 0 Å². The number of nitrogens with zero attached hydrogens (tertiary/aromatic N) is 3. The van der Waals surface area contributed by atoms with Gasteiger partial charge in [-0.25, -0.2) is 4.98 Å². The summed E-state index contributed by atoms with van der Waals surface area (Å²) in [5.41, 5.74) is 3.14. The predicted octanol–water partition coefficient (Wildman–Crippen LogP) is 4.82. The first-order valence-corrected chi connectivity index (χ1v) is 11.3. The quantitative estimate of drug-likeness (QED) is 0.611. The molecular formula is C26H31N3O2. The average Bonchev–Trinajstić information content (AvgIpc) is 3.44. The summed E-state index contributed by atoms with van der Waals surface area (Å²) in [6.07, 6.45) is 3.50. The van der Waals surface area contributed by atoms with E-state index in [4.69, 9.17) is 9.72 Å². The molecule has 1 unspecified atom stereocenters. The number of likely N-dealkylation sites (tertiary alicyclic amines) is 1. The number of benzene rings is 2. The van der Waals surface area contributed by atoms with Crippen molar-refractivity contribution in [3.05, 3.63) is 58.6 Å². The van der Waals surface area contributed by atoms with Crippen molar-refractivity contribution in [2.75, 3.05) is 20.2 Å². The highest BCUT2D eigenvalue weighted by Crippen LogP contribution is 2.61. The van der Waals surface area contributed by atoms with Gasteiger partial charge < -0.3 is 9.64 Å². The van der Waals surface area contributed by atoms with Crippen molar-refractivity contribution in [3.63, 3.8) is 0 Å². The van der Waals surface area contributed by atoms with E-state index < -0.39 is 0 Å². The van der Waals surface area contributed by atoms with Crippen LogP contribution in [-0.2, 0) is 0 Å². The van der Waals surface area contributed by atoms with Crippen molar-refractivity contribution in [2.24, 2.45) is 5.41 Å². The fourth-order valence-electron chi connectivity index (χ4n) is 5.43. The van der Waals surface area contributed by atoms with Gasteiger partial charge in [-0.3, -0.25) is 9.36 Å². The average molecular weight is 418 g/mol. The van der Waals surface area contributed by atoms with Gasteiger partial charge in [0, 0.05) is 24.0 Å². The summed E-state index contributed by atoms with van der Waals surface area (Å²) in [6, 6.07) is 14.8. The van der Waals surface area contributed by atoms with Gasteiger partial charge in [0.25, 0.3) is 5.56 Å². The molecule has 2 heterocycles. The molecule has 0 amide bonds. The summed E-state index contributed by atoms with van der Waals surface area (Å²) in [5, 5.41) is 0.699. The summed E-state index contributed by atoms with van der Waals surface area (Å²) in [7, 11) is 1.67. The topological polar surface area (TPSA) is 47.4 Å². The summed E-state index contributed by atoms with van der Waals surface area (Å²) < 4.78 is 7.36. The molecule has 5 rings (SSSR count). The Balaban J connectivity index is 1.55. The third-order valence-electron chi connectivity index (χ3n) is 7.31. The molecule has 2 aliphatic rings. The van der Waals surface area contributed by atoms with E-state index in [0.29, 0.717) is 11.4 Å².